The first-order valence-electron chi connectivity index (χ1n) is 6.85. The zero-order chi connectivity index (χ0) is 13.8. The van der Waals surface area contributed by atoms with Crippen molar-refractivity contribution in [1.82, 2.24) is 0 Å². The van der Waals surface area contributed by atoms with Crippen LogP contribution < -0.4 is 15.2 Å². The lowest BCUT2D eigenvalue weighted by atomic mass is 9.81. The summed E-state index contributed by atoms with van der Waals surface area (Å²) in [4.78, 5) is 0. The van der Waals surface area contributed by atoms with Gasteiger partial charge in [0.1, 0.15) is 0 Å². The highest BCUT2D eigenvalue weighted by Crippen LogP contribution is 2.42. The van der Waals surface area contributed by atoms with Gasteiger partial charge >= 0.3 is 0 Å². The van der Waals surface area contributed by atoms with Crippen molar-refractivity contribution >= 4 is 24.0 Å². The largest absolute Gasteiger partial charge is 0.493 e. The zero-order valence-corrected chi connectivity index (χ0v) is 13.6. The summed E-state index contributed by atoms with van der Waals surface area (Å²) < 4.78 is 10.6. The summed E-state index contributed by atoms with van der Waals surface area (Å²) in [5, 5.41) is 0.583. The maximum absolute atomic E-state index is 6.42. The summed E-state index contributed by atoms with van der Waals surface area (Å²) in [6, 6.07) is 3.82. The van der Waals surface area contributed by atoms with E-state index in [0.717, 1.165) is 5.56 Å². The summed E-state index contributed by atoms with van der Waals surface area (Å²) in [5.74, 6) is 1.74. The predicted molar refractivity (Wildman–Crippen MR) is 85.3 cm³/mol. The Morgan fingerprint density at radius 3 is 2.35 bits per heavy atom. The van der Waals surface area contributed by atoms with E-state index in [9.17, 15) is 0 Å². The van der Waals surface area contributed by atoms with Crippen LogP contribution in [0.15, 0.2) is 12.1 Å². The van der Waals surface area contributed by atoms with Gasteiger partial charge in [0.05, 0.1) is 19.2 Å². The van der Waals surface area contributed by atoms with Gasteiger partial charge in [0.25, 0.3) is 0 Å². The Balaban J connectivity index is 0.00000200. The highest BCUT2D eigenvalue weighted by atomic mass is 35.5. The molecule has 3 nitrogen and oxygen atoms in total. The lowest BCUT2D eigenvalue weighted by Gasteiger charge is -2.28. The van der Waals surface area contributed by atoms with Crippen molar-refractivity contribution in [3.05, 3.63) is 22.7 Å². The quantitative estimate of drug-likeness (QED) is 0.896. The van der Waals surface area contributed by atoms with Gasteiger partial charge in [-0.3, -0.25) is 0 Å². The molecule has 0 amide bonds. The average molecular weight is 320 g/mol. The van der Waals surface area contributed by atoms with Crippen LogP contribution in [0.1, 0.15) is 43.7 Å². The zero-order valence-electron chi connectivity index (χ0n) is 12.0. The summed E-state index contributed by atoms with van der Waals surface area (Å²) in [6.07, 6.45) is 6.23. The van der Waals surface area contributed by atoms with Gasteiger partial charge in [-0.2, -0.15) is 0 Å². The van der Waals surface area contributed by atoms with Gasteiger partial charge in [0.2, 0.25) is 0 Å². The first-order valence-corrected chi connectivity index (χ1v) is 7.22. The number of hydrogen-bond acceptors (Lipinski definition) is 3. The first kappa shape index (κ1) is 17.4. The van der Waals surface area contributed by atoms with Crippen molar-refractivity contribution in [3.63, 3.8) is 0 Å². The predicted octanol–water partition coefficient (Wildman–Crippen LogP) is 4.36. The van der Waals surface area contributed by atoms with E-state index in [1.54, 1.807) is 14.2 Å². The van der Waals surface area contributed by atoms with Crippen molar-refractivity contribution in [3.8, 4) is 11.5 Å². The standard InChI is InChI=1S/C15H22ClNO2.ClH/c1-18-12-9-8-11(13(16)15(12)19-2)14(17)10-6-4-3-5-7-10;/h8-10,14H,3-7,17H2,1-2H3;1H/t14-;/m0./s1. The third-order valence-corrected chi connectivity index (χ3v) is 4.42. The molecule has 1 aromatic rings. The minimum Gasteiger partial charge on any atom is -0.493 e. The molecule has 0 radical (unpaired) electrons. The van der Waals surface area contributed by atoms with Gasteiger partial charge in [-0.05, 0) is 30.4 Å². The molecule has 1 atom stereocenters. The summed E-state index contributed by atoms with van der Waals surface area (Å²) >= 11 is 6.42. The molecule has 2 N–H and O–H groups in total. The second-order valence-corrected chi connectivity index (χ2v) is 5.51. The first-order chi connectivity index (χ1) is 9.19. The smallest absolute Gasteiger partial charge is 0.179 e. The molecule has 20 heavy (non-hydrogen) atoms. The second-order valence-electron chi connectivity index (χ2n) is 5.13. The van der Waals surface area contributed by atoms with Gasteiger partial charge in [0, 0.05) is 6.04 Å². The maximum atomic E-state index is 6.42. The fraction of sp³-hybridized carbons (Fsp3) is 0.600. The molecular weight excluding hydrogens is 297 g/mol. The number of halogens is 2. The van der Waals surface area contributed by atoms with Crippen LogP contribution in [0.25, 0.3) is 0 Å². The van der Waals surface area contributed by atoms with E-state index in [0.29, 0.717) is 22.4 Å². The van der Waals surface area contributed by atoms with Gasteiger partial charge in [-0.15, -0.1) is 12.4 Å². The number of nitrogens with two attached hydrogens (primary N) is 1. The molecule has 2 rings (SSSR count). The van der Waals surface area contributed by atoms with E-state index < -0.39 is 0 Å². The molecule has 5 heteroatoms. The molecule has 0 heterocycles. The average Bonchev–Trinajstić information content (AvgIpc) is 2.47. The van der Waals surface area contributed by atoms with E-state index in [-0.39, 0.29) is 18.4 Å². The number of hydrogen-bond donors (Lipinski definition) is 1. The van der Waals surface area contributed by atoms with Crippen LogP contribution in [0.4, 0.5) is 0 Å². The Bertz CT molecular complexity index is 434. The third kappa shape index (κ3) is 3.51. The SMILES string of the molecule is COc1ccc([C@@H](N)C2CCCCC2)c(Cl)c1OC.Cl. The third-order valence-electron chi connectivity index (χ3n) is 4.03. The van der Waals surface area contributed by atoms with Crippen molar-refractivity contribution < 1.29 is 9.47 Å². The number of rotatable bonds is 4. The Morgan fingerprint density at radius 2 is 1.80 bits per heavy atom. The second kappa shape index (κ2) is 7.96. The molecule has 0 unspecified atom stereocenters. The Kier molecular flexibility index (Phi) is 6.93. The van der Waals surface area contributed by atoms with E-state index in [4.69, 9.17) is 26.8 Å². The molecule has 0 bridgehead atoms. The molecule has 0 aliphatic heterocycles. The van der Waals surface area contributed by atoms with Crippen LogP contribution >= 0.6 is 24.0 Å². The number of ether oxygens (including phenoxy) is 2. The van der Waals surface area contributed by atoms with Gasteiger partial charge in [-0.25, -0.2) is 0 Å². The van der Waals surface area contributed by atoms with Crippen LogP contribution in [-0.4, -0.2) is 14.2 Å². The molecule has 1 aliphatic rings. The number of methoxy groups -OCH3 is 2. The molecule has 1 aromatic carbocycles. The van der Waals surface area contributed by atoms with Crippen molar-refractivity contribution in [2.75, 3.05) is 14.2 Å². The van der Waals surface area contributed by atoms with Crippen molar-refractivity contribution in [1.29, 1.82) is 0 Å². The summed E-state index contributed by atoms with van der Waals surface area (Å²) in [5.41, 5.74) is 7.37. The van der Waals surface area contributed by atoms with E-state index in [1.165, 1.54) is 32.1 Å². The van der Waals surface area contributed by atoms with Crippen LogP contribution in [0, 0.1) is 5.92 Å². The molecule has 1 saturated carbocycles. The normalized spacial score (nSPS) is 17.2. The molecule has 1 aliphatic carbocycles. The van der Waals surface area contributed by atoms with Gasteiger partial charge < -0.3 is 15.2 Å². The number of benzene rings is 1. The van der Waals surface area contributed by atoms with Gasteiger partial charge in [0.15, 0.2) is 11.5 Å². The van der Waals surface area contributed by atoms with E-state index in [2.05, 4.69) is 0 Å². The fourth-order valence-corrected chi connectivity index (χ4v) is 3.27. The Morgan fingerprint density at radius 1 is 1.15 bits per heavy atom. The lowest BCUT2D eigenvalue weighted by molar-refractivity contribution is 0.306. The molecule has 0 saturated heterocycles. The maximum Gasteiger partial charge on any atom is 0.179 e. The van der Waals surface area contributed by atoms with Crippen molar-refractivity contribution in [2.45, 2.75) is 38.1 Å². The highest BCUT2D eigenvalue weighted by molar-refractivity contribution is 6.33. The molecule has 0 aromatic heterocycles. The van der Waals surface area contributed by atoms with Gasteiger partial charge in [-0.1, -0.05) is 36.9 Å². The molecule has 0 spiro atoms. The Hall–Kier alpha value is -0.640. The molecule has 1 fully saturated rings. The summed E-state index contributed by atoms with van der Waals surface area (Å²) in [6.45, 7) is 0. The van der Waals surface area contributed by atoms with Crippen molar-refractivity contribution in [2.24, 2.45) is 11.7 Å². The monoisotopic (exact) mass is 319 g/mol. The molecular formula is C15H23Cl2NO2. The minimum absolute atomic E-state index is 0. The van der Waals surface area contributed by atoms with E-state index >= 15 is 0 Å². The van der Waals surface area contributed by atoms with Crippen LogP contribution in [0.5, 0.6) is 11.5 Å². The Labute approximate surface area is 132 Å². The fourth-order valence-electron chi connectivity index (χ4n) is 2.91. The van der Waals surface area contributed by atoms with Crippen LogP contribution in [-0.2, 0) is 0 Å². The van der Waals surface area contributed by atoms with Crippen LogP contribution in [0.3, 0.4) is 0 Å². The summed E-state index contributed by atoms with van der Waals surface area (Å²) in [7, 11) is 3.20. The highest BCUT2D eigenvalue weighted by Gasteiger charge is 2.25. The van der Waals surface area contributed by atoms with E-state index in [1.807, 2.05) is 12.1 Å². The lowest BCUT2D eigenvalue weighted by Crippen LogP contribution is -2.24. The topological polar surface area (TPSA) is 44.5 Å². The van der Waals surface area contributed by atoms with Crippen LogP contribution in [0.2, 0.25) is 5.02 Å². The molecule has 114 valence electrons. The minimum atomic E-state index is -0.0207.